The Kier molecular flexibility index (Phi) is 6.18. The van der Waals surface area contributed by atoms with E-state index in [0.717, 1.165) is 17.9 Å². The fourth-order valence-corrected chi connectivity index (χ4v) is 2.40. The molecule has 4 heteroatoms. The first-order valence-corrected chi connectivity index (χ1v) is 7.68. The third kappa shape index (κ3) is 5.42. The molecule has 2 rings (SSSR count). The molecule has 0 unspecified atom stereocenters. The van der Waals surface area contributed by atoms with Crippen LogP contribution in [0.2, 0.25) is 0 Å². The summed E-state index contributed by atoms with van der Waals surface area (Å²) in [5.74, 6) is 0.935. The summed E-state index contributed by atoms with van der Waals surface area (Å²) in [6, 6.07) is 18.0. The maximum absolute atomic E-state index is 12.3. The zero-order valence-electron chi connectivity index (χ0n) is 14.0. The van der Waals surface area contributed by atoms with Crippen molar-refractivity contribution in [2.24, 2.45) is 0 Å². The Hall–Kier alpha value is -2.33. The highest BCUT2D eigenvalue weighted by Gasteiger charge is 2.12. The smallest absolute Gasteiger partial charge is 0.236 e. The van der Waals surface area contributed by atoms with Crippen LogP contribution in [0.4, 0.5) is 0 Å². The quantitative estimate of drug-likeness (QED) is 0.788. The van der Waals surface area contributed by atoms with Crippen molar-refractivity contribution < 1.29 is 9.53 Å². The Morgan fingerprint density at radius 1 is 0.913 bits per heavy atom. The molecule has 0 spiro atoms. The van der Waals surface area contributed by atoms with Gasteiger partial charge in [-0.3, -0.25) is 9.69 Å². The van der Waals surface area contributed by atoms with Crippen LogP contribution in [0.15, 0.2) is 54.6 Å². The summed E-state index contributed by atoms with van der Waals surface area (Å²) in [6.07, 6.45) is 0. The number of ether oxygens (including phenoxy) is 1. The molecule has 0 heterocycles. The van der Waals surface area contributed by atoms with E-state index < -0.39 is 0 Å². The number of carbonyl (C=O) groups is 1. The molecule has 0 saturated heterocycles. The maximum Gasteiger partial charge on any atom is 0.236 e. The molecule has 0 aliphatic rings. The monoisotopic (exact) mass is 312 g/mol. The first kappa shape index (κ1) is 17.0. The van der Waals surface area contributed by atoms with E-state index in [1.807, 2.05) is 61.5 Å². The Morgan fingerprint density at radius 2 is 1.52 bits per heavy atom. The fraction of sp³-hybridized carbons (Fsp3) is 0.316. The van der Waals surface area contributed by atoms with Crippen molar-refractivity contribution in [1.29, 1.82) is 0 Å². The molecule has 2 aromatic carbocycles. The summed E-state index contributed by atoms with van der Waals surface area (Å²) < 4.78 is 5.14. The molecule has 4 nitrogen and oxygen atoms in total. The molecule has 0 fully saturated rings. The first-order valence-electron chi connectivity index (χ1n) is 7.68. The van der Waals surface area contributed by atoms with Crippen molar-refractivity contribution in [3.05, 3.63) is 65.7 Å². The van der Waals surface area contributed by atoms with Crippen molar-refractivity contribution in [3.63, 3.8) is 0 Å². The lowest BCUT2D eigenvalue weighted by molar-refractivity contribution is -0.131. The SMILES string of the molecule is COc1ccc(CN(C)C(=O)CN(C)Cc2ccccc2)cc1. The highest BCUT2D eigenvalue weighted by atomic mass is 16.5. The zero-order valence-corrected chi connectivity index (χ0v) is 14.0. The number of nitrogens with zero attached hydrogens (tertiary/aromatic N) is 2. The van der Waals surface area contributed by atoms with E-state index >= 15 is 0 Å². The largest absolute Gasteiger partial charge is 0.497 e. The fourth-order valence-electron chi connectivity index (χ4n) is 2.40. The van der Waals surface area contributed by atoms with E-state index in [0.29, 0.717) is 13.1 Å². The lowest BCUT2D eigenvalue weighted by Gasteiger charge is -2.22. The van der Waals surface area contributed by atoms with Crippen LogP contribution in [-0.4, -0.2) is 43.5 Å². The second-order valence-electron chi connectivity index (χ2n) is 5.76. The summed E-state index contributed by atoms with van der Waals surface area (Å²) in [4.78, 5) is 16.1. The average molecular weight is 312 g/mol. The van der Waals surface area contributed by atoms with Gasteiger partial charge in [-0.05, 0) is 30.3 Å². The molecule has 23 heavy (non-hydrogen) atoms. The van der Waals surface area contributed by atoms with Crippen molar-refractivity contribution in [2.45, 2.75) is 13.1 Å². The van der Waals surface area contributed by atoms with E-state index in [9.17, 15) is 4.79 Å². The summed E-state index contributed by atoms with van der Waals surface area (Å²) in [6.45, 7) is 1.77. The van der Waals surface area contributed by atoms with Crippen LogP contribution in [-0.2, 0) is 17.9 Å². The van der Waals surface area contributed by atoms with Crippen LogP contribution >= 0.6 is 0 Å². The third-order valence-corrected chi connectivity index (χ3v) is 3.71. The minimum absolute atomic E-state index is 0.110. The number of amides is 1. The van der Waals surface area contributed by atoms with Gasteiger partial charge in [-0.1, -0.05) is 42.5 Å². The maximum atomic E-state index is 12.3. The van der Waals surface area contributed by atoms with E-state index in [1.165, 1.54) is 5.56 Å². The van der Waals surface area contributed by atoms with Crippen LogP contribution in [0.1, 0.15) is 11.1 Å². The number of hydrogen-bond donors (Lipinski definition) is 0. The van der Waals surface area contributed by atoms with Gasteiger partial charge in [0, 0.05) is 20.1 Å². The second kappa shape index (κ2) is 8.34. The topological polar surface area (TPSA) is 32.8 Å². The van der Waals surface area contributed by atoms with Gasteiger partial charge in [0.15, 0.2) is 0 Å². The Morgan fingerprint density at radius 3 is 2.13 bits per heavy atom. The van der Waals surface area contributed by atoms with Crippen LogP contribution in [0, 0.1) is 0 Å². The van der Waals surface area contributed by atoms with Crippen molar-refractivity contribution in [2.75, 3.05) is 27.7 Å². The van der Waals surface area contributed by atoms with Crippen LogP contribution in [0.5, 0.6) is 5.75 Å². The minimum atomic E-state index is 0.110. The van der Waals surface area contributed by atoms with E-state index in [4.69, 9.17) is 4.74 Å². The zero-order chi connectivity index (χ0) is 16.7. The van der Waals surface area contributed by atoms with Crippen LogP contribution < -0.4 is 4.74 Å². The number of likely N-dealkylation sites (N-methyl/N-ethyl adjacent to an activating group) is 2. The standard InChI is InChI=1S/C19H24N2O2/c1-20(13-16-7-5-4-6-8-16)15-19(22)21(2)14-17-9-11-18(23-3)12-10-17/h4-12H,13-15H2,1-3H3. The lowest BCUT2D eigenvalue weighted by Crippen LogP contribution is -2.36. The van der Waals surface area contributed by atoms with Gasteiger partial charge < -0.3 is 9.64 Å². The summed E-state index contributed by atoms with van der Waals surface area (Å²) in [7, 11) is 5.45. The van der Waals surface area contributed by atoms with E-state index in [1.54, 1.807) is 12.0 Å². The van der Waals surface area contributed by atoms with E-state index in [-0.39, 0.29) is 5.91 Å². The van der Waals surface area contributed by atoms with Gasteiger partial charge in [-0.25, -0.2) is 0 Å². The molecule has 0 N–H and O–H groups in total. The van der Waals surface area contributed by atoms with Gasteiger partial charge in [0.1, 0.15) is 5.75 Å². The second-order valence-corrected chi connectivity index (χ2v) is 5.76. The Labute approximate surface area is 138 Å². The van der Waals surface area contributed by atoms with Crippen molar-refractivity contribution in [1.82, 2.24) is 9.80 Å². The van der Waals surface area contributed by atoms with Gasteiger partial charge in [0.2, 0.25) is 5.91 Å². The number of methoxy groups -OCH3 is 1. The van der Waals surface area contributed by atoms with Crippen molar-refractivity contribution >= 4 is 5.91 Å². The molecular weight excluding hydrogens is 288 g/mol. The molecule has 122 valence electrons. The molecule has 0 radical (unpaired) electrons. The molecule has 1 amide bonds. The predicted molar refractivity (Wildman–Crippen MR) is 92.2 cm³/mol. The first-order chi connectivity index (χ1) is 11.1. The molecule has 2 aromatic rings. The number of hydrogen-bond acceptors (Lipinski definition) is 3. The highest BCUT2D eigenvalue weighted by molar-refractivity contribution is 5.77. The molecular formula is C19H24N2O2. The van der Waals surface area contributed by atoms with E-state index in [2.05, 4.69) is 12.1 Å². The third-order valence-electron chi connectivity index (χ3n) is 3.71. The van der Waals surface area contributed by atoms with Gasteiger partial charge in [0.25, 0.3) is 0 Å². The minimum Gasteiger partial charge on any atom is -0.497 e. The summed E-state index contributed by atoms with van der Waals surface area (Å²) in [5.41, 5.74) is 2.30. The molecule has 0 aromatic heterocycles. The Bertz CT molecular complexity index is 611. The molecule has 0 bridgehead atoms. The van der Waals surface area contributed by atoms with Gasteiger partial charge in [-0.15, -0.1) is 0 Å². The number of carbonyl (C=O) groups excluding carboxylic acids is 1. The normalized spacial score (nSPS) is 10.6. The predicted octanol–water partition coefficient (Wildman–Crippen LogP) is 2.79. The summed E-state index contributed by atoms with van der Waals surface area (Å²) >= 11 is 0. The highest BCUT2D eigenvalue weighted by Crippen LogP contribution is 2.12. The number of rotatable bonds is 7. The van der Waals surface area contributed by atoms with Crippen LogP contribution in [0.3, 0.4) is 0 Å². The van der Waals surface area contributed by atoms with Gasteiger partial charge >= 0.3 is 0 Å². The Balaban J connectivity index is 1.84. The molecule has 0 aliphatic carbocycles. The molecule has 0 aliphatic heterocycles. The molecule has 0 atom stereocenters. The average Bonchev–Trinajstić information content (AvgIpc) is 2.56. The van der Waals surface area contributed by atoms with Crippen LogP contribution in [0.25, 0.3) is 0 Å². The summed E-state index contributed by atoms with van der Waals surface area (Å²) in [5, 5.41) is 0. The lowest BCUT2D eigenvalue weighted by atomic mass is 10.2. The number of benzene rings is 2. The van der Waals surface area contributed by atoms with Crippen molar-refractivity contribution in [3.8, 4) is 5.75 Å². The van der Waals surface area contributed by atoms with Gasteiger partial charge in [0.05, 0.1) is 13.7 Å². The molecule has 0 saturated carbocycles. The van der Waals surface area contributed by atoms with Gasteiger partial charge in [-0.2, -0.15) is 0 Å².